The lowest BCUT2D eigenvalue weighted by molar-refractivity contribution is 1.50. The van der Waals surface area contributed by atoms with Gasteiger partial charge in [0.2, 0.25) is 0 Å². The molecule has 0 N–H and O–H groups in total. The molecule has 2 heteroatoms. The first kappa shape index (κ1) is 15.9. The fourth-order valence-corrected chi connectivity index (χ4v) is 4.77. The van der Waals surface area contributed by atoms with Crippen LogP contribution in [0.15, 0.2) is 60.7 Å². The number of hydrogen-bond donors (Lipinski definition) is 0. The molecule has 0 spiro atoms. The molecule has 0 atom stereocenters. The Morgan fingerprint density at radius 1 is 0.577 bits per heavy atom. The fourth-order valence-electron chi connectivity index (χ4n) is 4.25. The van der Waals surface area contributed by atoms with Crippen molar-refractivity contribution < 1.29 is 0 Å². The summed E-state index contributed by atoms with van der Waals surface area (Å²) < 4.78 is 0. The fraction of sp³-hybridized carbons (Fsp3) is 0.0833. The van der Waals surface area contributed by atoms with E-state index in [9.17, 15) is 0 Å². The summed E-state index contributed by atoms with van der Waals surface area (Å²) in [5, 5.41) is 9.11. The van der Waals surface area contributed by atoms with Gasteiger partial charge in [0.05, 0.1) is 0 Å². The Labute approximate surface area is 162 Å². The van der Waals surface area contributed by atoms with Crippen LogP contribution in [0.4, 0.5) is 0 Å². The molecular weight excluding hydrogens is 359 g/mol. The average molecular weight is 375 g/mol. The molecule has 0 unspecified atom stereocenters. The Kier molecular flexibility index (Phi) is 3.44. The second kappa shape index (κ2) is 5.61. The van der Waals surface area contributed by atoms with Crippen LogP contribution in [0.2, 0.25) is 10.0 Å². The molecule has 0 fully saturated rings. The van der Waals surface area contributed by atoms with E-state index in [1.165, 1.54) is 49.0 Å². The monoisotopic (exact) mass is 374 g/mol. The zero-order valence-electron chi connectivity index (χ0n) is 14.5. The van der Waals surface area contributed by atoms with Crippen molar-refractivity contribution in [2.24, 2.45) is 0 Å². The zero-order chi connectivity index (χ0) is 18.0. The van der Waals surface area contributed by atoms with Gasteiger partial charge < -0.3 is 0 Å². The van der Waals surface area contributed by atoms with E-state index in [1.54, 1.807) is 6.07 Å². The van der Waals surface area contributed by atoms with Crippen molar-refractivity contribution in [1.29, 1.82) is 0 Å². The molecule has 126 valence electrons. The average Bonchev–Trinajstić information content (AvgIpc) is 2.59. The summed E-state index contributed by atoms with van der Waals surface area (Å²) >= 11 is 12.6. The Morgan fingerprint density at radius 3 is 1.96 bits per heavy atom. The van der Waals surface area contributed by atoms with Crippen molar-refractivity contribution >= 4 is 55.5 Å². The van der Waals surface area contributed by atoms with Crippen LogP contribution in [-0.4, -0.2) is 0 Å². The minimum absolute atomic E-state index is 0.661. The molecule has 0 saturated heterocycles. The largest absolute Gasteiger partial charge is 0.0843 e. The van der Waals surface area contributed by atoms with Gasteiger partial charge in [0.25, 0.3) is 0 Å². The third kappa shape index (κ3) is 2.23. The lowest BCUT2D eigenvalue weighted by Crippen LogP contribution is -1.92. The van der Waals surface area contributed by atoms with E-state index in [0.29, 0.717) is 10.0 Å². The maximum absolute atomic E-state index is 6.29. The smallest absolute Gasteiger partial charge is 0.0426 e. The quantitative estimate of drug-likeness (QED) is 0.259. The van der Waals surface area contributed by atoms with E-state index in [-0.39, 0.29) is 0 Å². The lowest BCUT2D eigenvalue weighted by Gasteiger charge is -2.17. The van der Waals surface area contributed by atoms with Gasteiger partial charge in [-0.2, -0.15) is 0 Å². The number of hydrogen-bond acceptors (Lipinski definition) is 0. The minimum atomic E-state index is 0.661. The van der Waals surface area contributed by atoms with Crippen LogP contribution in [0.5, 0.6) is 0 Å². The van der Waals surface area contributed by atoms with E-state index in [2.05, 4.69) is 56.3 Å². The Morgan fingerprint density at radius 2 is 1.19 bits per heavy atom. The number of halogens is 2. The van der Waals surface area contributed by atoms with Gasteiger partial charge in [-0.25, -0.2) is 0 Å². The van der Waals surface area contributed by atoms with E-state index >= 15 is 0 Å². The van der Waals surface area contributed by atoms with E-state index in [4.69, 9.17) is 23.2 Å². The van der Waals surface area contributed by atoms with Crippen LogP contribution in [0, 0.1) is 13.8 Å². The van der Waals surface area contributed by atoms with E-state index < -0.39 is 0 Å². The van der Waals surface area contributed by atoms with Crippen molar-refractivity contribution in [1.82, 2.24) is 0 Å². The molecule has 0 aliphatic heterocycles. The van der Waals surface area contributed by atoms with Crippen LogP contribution in [0.1, 0.15) is 11.1 Å². The van der Waals surface area contributed by atoms with Gasteiger partial charge in [0.1, 0.15) is 0 Å². The van der Waals surface area contributed by atoms with Crippen molar-refractivity contribution in [2.45, 2.75) is 13.8 Å². The number of aryl methyl sites for hydroxylation is 2. The maximum atomic E-state index is 6.29. The zero-order valence-corrected chi connectivity index (χ0v) is 16.0. The first-order valence-electron chi connectivity index (χ1n) is 8.67. The molecule has 5 rings (SSSR count). The maximum Gasteiger partial charge on any atom is 0.0426 e. The predicted molar refractivity (Wildman–Crippen MR) is 115 cm³/mol. The van der Waals surface area contributed by atoms with Gasteiger partial charge in [-0.3, -0.25) is 0 Å². The van der Waals surface area contributed by atoms with Crippen molar-refractivity contribution in [3.8, 4) is 11.1 Å². The van der Waals surface area contributed by atoms with Gasteiger partial charge in [0, 0.05) is 10.0 Å². The Bertz CT molecular complexity index is 1290. The molecule has 5 aromatic carbocycles. The van der Waals surface area contributed by atoms with Crippen LogP contribution in [-0.2, 0) is 0 Å². The summed E-state index contributed by atoms with van der Waals surface area (Å²) in [6, 6.07) is 21.4. The molecule has 26 heavy (non-hydrogen) atoms. The molecule has 5 aromatic rings. The number of rotatable bonds is 1. The molecular formula is C24H16Cl2. The SMILES string of the molecule is Cc1cc2ccc3ccc(C)c4ccc(c1-c1cc(Cl)cc(Cl)c1)c2c34. The molecule has 0 aliphatic carbocycles. The third-order valence-electron chi connectivity index (χ3n) is 5.35. The summed E-state index contributed by atoms with van der Waals surface area (Å²) in [6.45, 7) is 4.33. The van der Waals surface area contributed by atoms with Crippen LogP contribution >= 0.6 is 23.2 Å². The molecule has 0 radical (unpaired) electrons. The second-order valence-corrected chi connectivity index (χ2v) is 7.90. The van der Waals surface area contributed by atoms with Crippen LogP contribution < -0.4 is 0 Å². The molecule has 0 heterocycles. The summed E-state index contributed by atoms with van der Waals surface area (Å²) in [5.41, 5.74) is 4.80. The van der Waals surface area contributed by atoms with E-state index in [1.807, 2.05) is 12.1 Å². The topological polar surface area (TPSA) is 0 Å². The summed E-state index contributed by atoms with van der Waals surface area (Å²) in [7, 11) is 0. The third-order valence-corrected chi connectivity index (χ3v) is 5.79. The van der Waals surface area contributed by atoms with Crippen LogP contribution in [0.25, 0.3) is 43.4 Å². The molecule has 0 nitrogen and oxygen atoms in total. The second-order valence-electron chi connectivity index (χ2n) is 7.03. The van der Waals surface area contributed by atoms with Crippen LogP contribution in [0.3, 0.4) is 0 Å². The molecule has 0 amide bonds. The first-order valence-corrected chi connectivity index (χ1v) is 9.43. The van der Waals surface area contributed by atoms with Gasteiger partial charge >= 0.3 is 0 Å². The minimum Gasteiger partial charge on any atom is -0.0843 e. The predicted octanol–water partition coefficient (Wildman–Crippen LogP) is 8.17. The Hall–Kier alpha value is -2.28. The number of benzene rings is 5. The summed E-state index contributed by atoms with van der Waals surface area (Å²) in [6.07, 6.45) is 0. The van der Waals surface area contributed by atoms with Gasteiger partial charge in [0.15, 0.2) is 0 Å². The summed E-state index contributed by atoms with van der Waals surface area (Å²) in [4.78, 5) is 0. The molecule has 0 aliphatic rings. The highest BCUT2D eigenvalue weighted by Crippen LogP contribution is 2.42. The van der Waals surface area contributed by atoms with Gasteiger partial charge in [-0.1, -0.05) is 65.7 Å². The lowest BCUT2D eigenvalue weighted by atomic mass is 9.86. The Balaban J connectivity index is 2.02. The standard InChI is InChI=1S/C24H16Cl2/c1-13-3-4-15-5-6-16-9-14(2)22(17-10-18(25)12-19(26)11-17)21-8-7-20(13)23(15)24(16)21/h3-12H,1-2H3. The van der Waals surface area contributed by atoms with Crippen molar-refractivity contribution in [3.05, 3.63) is 81.8 Å². The highest BCUT2D eigenvalue weighted by atomic mass is 35.5. The summed E-state index contributed by atoms with van der Waals surface area (Å²) in [5.74, 6) is 0. The first-order chi connectivity index (χ1) is 12.5. The van der Waals surface area contributed by atoms with Crippen molar-refractivity contribution in [3.63, 3.8) is 0 Å². The molecule has 0 saturated carbocycles. The van der Waals surface area contributed by atoms with Gasteiger partial charge in [-0.15, -0.1) is 0 Å². The highest BCUT2D eigenvalue weighted by Gasteiger charge is 2.15. The highest BCUT2D eigenvalue weighted by molar-refractivity contribution is 6.35. The normalized spacial score (nSPS) is 11.8. The molecule has 0 aromatic heterocycles. The van der Waals surface area contributed by atoms with Gasteiger partial charge in [-0.05, 0) is 86.6 Å². The molecule has 0 bridgehead atoms. The van der Waals surface area contributed by atoms with E-state index in [0.717, 1.165) is 5.56 Å². The van der Waals surface area contributed by atoms with Crippen molar-refractivity contribution in [2.75, 3.05) is 0 Å².